The summed E-state index contributed by atoms with van der Waals surface area (Å²) in [4.78, 5) is 3.99. The largest absolute Gasteiger partial charge is 0.383 e. The van der Waals surface area contributed by atoms with Gasteiger partial charge in [-0.2, -0.15) is 0 Å². The first kappa shape index (κ1) is 10.7. The van der Waals surface area contributed by atoms with E-state index in [1.54, 1.807) is 6.21 Å². The predicted molar refractivity (Wildman–Crippen MR) is 55.0 cm³/mol. The Balaban J connectivity index is 4.93. The van der Waals surface area contributed by atoms with Gasteiger partial charge in [0, 0.05) is 11.8 Å². The Morgan fingerprint density at radius 2 is 2.00 bits per heavy atom. The summed E-state index contributed by atoms with van der Waals surface area (Å²) in [6, 6.07) is 0. The van der Waals surface area contributed by atoms with Gasteiger partial charge in [-0.15, -0.1) is 0 Å². The number of allylic oxidation sites excluding steroid dienone is 4. The fourth-order valence-electron chi connectivity index (χ4n) is 0.822. The lowest BCUT2D eigenvalue weighted by molar-refractivity contribution is 1.19. The molecule has 0 aromatic carbocycles. The van der Waals surface area contributed by atoms with Gasteiger partial charge in [0.2, 0.25) is 0 Å². The van der Waals surface area contributed by atoms with E-state index in [-0.39, 0.29) is 0 Å². The maximum Gasteiger partial charge on any atom is 0.130 e. The second-order valence-corrected chi connectivity index (χ2v) is 2.47. The van der Waals surface area contributed by atoms with Crippen LogP contribution < -0.4 is 5.73 Å². The van der Waals surface area contributed by atoms with E-state index >= 15 is 0 Å². The van der Waals surface area contributed by atoms with Gasteiger partial charge in [0.15, 0.2) is 0 Å². The molecule has 0 fully saturated rings. The van der Waals surface area contributed by atoms with Crippen molar-refractivity contribution >= 4 is 6.21 Å². The van der Waals surface area contributed by atoms with Crippen LogP contribution >= 0.6 is 0 Å². The van der Waals surface area contributed by atoms with Crippen LogP contribution in [0.4, 0.5) is 0 Å². The fourth-order valence-corrected chi connectivity index (χ4v) is 0.822. The summed E-state index contributed by atoms with van der Waals surface area (Å²) in [5.41, 5.74) is 7.51. The zero-order valence-corrected chi connectivity index (χ0v) is 7.96. The highest BCUT2D eigenvalue weighted by Gasteiger charge is 1.97. The lowest BCUT2D eigenvalue weighted by Crippen LogP contribution is -1.99. The minimum Gasteiger partial charge on any atom is -0.383 e. The Labute approximate surface area is 74.2 Å². The van der Waals surface area contributed by atoms with Crippen molar-refractivity contribution in [3.8, 4) is 0 Å². The van der Waals surface area contributed by atoms with Crippen molar-refractivity contribution in [2.75, 3.05) is 0 Å². The van der Waals surface area contributed by atoms with Gasteiger partial charge in [0.25, 0.3) is 0 Å². The Hall–Kier alpha value is -1.31. The lowest BCUT2D eigenvalue weighted by Gasteiger charge is -2.02. The van der Waals surface area contributed by atoms with E-state index in [2.05, 4.69) is 11.6 Å². The van der Waals surface area contributed by atoms with Gasteiger partial charge < -0.3 is 5.73 Å². The van der Waals surface area contributed by atoms with Gasteiger partial charge in [-0.3, -0.25) is 0 Å². The van der Waals surface area contributed by atoms with E-state index in [1.165, 1.54) is 0 Å². The highest BCUT2D eigenvalue weighted by atomic mass is 14.9. The van der Waals surface area contributed by atoms with Crippen molar-refractivity contribution in [1.82, 2.24) is 0 Å². The monoisotopic (exact) mass is 164 g/mol. The average Bonchev–Trinajstić information content (AvgIpc) is 1.99. The summed E-state index contributed by atoms with van der Waals surface area (Å²) in [5, 5.41) is 0. The van der Waals surface area contributed by atoms with Crippen LogP contribution in [0.1, 0.15) is 20.8 Å². The van der Waals surface area contributed by atoms with E-state index in [4.69, 9.17) is 5.73 Å². The summed E-state index contributed by atoms with van der Waals surface area (Å²) >= 11 is 0. The smallest absolute Gasteiger partial charge is 0.130 e. The summed E-state index contributed by atoms with van der Waals surface area (Å²) in [5.74, 6) is 0.517. The molecule has 0 aromatic rings. The molecule has 0 saturated carbocycles. The van der Waals surface area contributed by atoms with Gasteiger partial charge in [-0.05, 0) is 26.3 Å². The maximum atomic E-state index is 5.69. The molecule has 0 rings (SSSR count). The van der Waals surface area contributed by atoms with Crippen LogP contribution in [0.15, 0.2) is 40.7 Å². The van der Waals surface area contributed by atoms with Gasteiger partial charge in [-0.25, -0.2) is 4.99 Å². The Morgan fingerprint density at radius 1 is 1.42 bits per heavy atom. The highest BCUT2D eigenvalue weighted by molar-refractivity contribution is 5.56. The zero-order valence-electron chi connectivity index (χ0n) is 7.96. The van der Waals surface area contributed by atoms with Crippen molar-refractivity contribution < 1.29 is 0 Å². The first-order valence-corrected chi connectivity index (χ1v) is 3.90. The summed E-state index contributed by atoms with van der Waals surface area (Å²) in [7, 11) is 0. The normalized spacial score (nSPS) is 13.9. The first-order valence-electron chi connectivity index (χ1n) is 3.90. The molecule has 0 unspecified atom stereocenters. The zero-order chi connectivity index (χ0) is 9.56. The molecule has 0 atom stereocenters. The molecule has 0 amide bonds. The summed E-state index contributed by atoms with van der Waals surface area (Å²) in [6.07, 6.45) is 5.49. The van der Waals surface area contributed by atoms with Crippen LogP contribution in [-0.4, -0.2) is 6.21 Å². The van der Waals surface area contributed by atoms with E-state index in [0.29, 0.717) is 5.82 Å². The molecule has 0 spiro atoms. The lowest BCUT2D eigenvalue weighted by atomic mass is 10.1. The van der Waals surface area contributed by atoms with Crippen LogP contribution in [-0.2, 0) is 0 Å². The third-order valence-corrected chi connectivity index (χ3v) is 1.34. The molecule has 0 heterocycles. The standard InChI is InChI=1S/C10H16N2/c1-5-7-9(8(3)4)10(11)12-6-2/h5-7H,3,11H2,1-2,4H3/b7-5-,10-9-,12-6-. The van der Waals surface area contributed by atoms with Crippen LogP contribution in [0.5, 0.6) is 0 Å². The average molecular weight is 164 g/mol. The summed E-state index contributed by atoms with van der Waals surface area (Å²) in [6.45, 7) is 9.49. The second-order valence-electron chi connectivity index (χ2n) is 2.47. The Morgan fingerprint density at radius 3 is 2.33 bits per heavy atom. The molecule has 0 radical (unpaired) electrons. The molecular formula is C10H16N2. The molecule has 0 saturated heterocycles. The third-order valence-electron chi connectivity index (χ3n) is 1.34. The number of hydrogen-bond donors (Lipinski definition) is 1. The Kier molecular flexibility index (Phi) is 4.77. The van der Waals surface area contributed by atoms with Crippen molar-refractivity contribution in [3.63, 3.8) is 0 Å². The molecule has 2 heteroatoms. The van der Waals surface area contributed by atoms with Crippen LogP contribution in [0.2, 0.25) is 0 Å². The van der Waals surface area contributed by atoms with Crippen molar-refractivity contribution in [1.29, 1.82) is 0 Å². The second kappa shape index (κ2) is 5.35. The van der Waals surface area contributed by atoms with Crippen molar-refractivity contribution in [2.24, 2.45) is 10.7 Å². The van der Waals surface area contributed by atoms with Gasteiger partial charge in [0.05, 0.1) is 0 Å². The van der Waals surface area contributed by atoms with Gasteiger partial charge >= 0.3 is 0 Å². The maximum absolute atomic E-state index is 5.69. The molecular weight excluding hydrogens is 148 g/mol. The molecule has 2 N–H and O–H groups in total. The van der Waals surface area contributed by atoms with Crippen LogP contribution in [0.25, 0.3) is 0 Å². The molecule has 2 nitrogen and oxygen atoms in total. The molecule has 0 aliphatic heterocycles. The minimum atomic E-state index is 0.517. The van der Waals surface area contributed by atoms with E-state index < -0.39 is 0 Å². The summed E-state index contributed by atoms with van der Waals surface area (Å²) < 4.78 is 0. The first-order chi connectivity index (χ1) is 5.63. The molecule has 0 aliphatic rings. The van der Waals surface area contributed by atoms with Gasteiger partial charge in [-0.1, -0.05) is 18.7 Å². The highest BCUT2D eigenvalue weighted by Crippen LogP contribution is 2.11. The number of nitrogens with zero attached hydrogens (tertiary/aromatic N) is 1. The molecule has 0 bridgehead atoms. The van der Waals surface area contributed by atoms with Crippen molar-refractivity contribution in [3.05, 3.63) is 35.7 Å². The molecule has 0 aromatic heterocycles. The number of nitrogens with two attached hydrogens (primary N) is 1. The number of rotatable bonds is 3. The van der Waals surface area contributed by atoms with Gasteiger partial charge in [0.1, 0.15) is 5.82 Å². The third kappa shape index (κ3) is 3.19. The van der Waals surface area contributed by atoms with Crippen LogP contribution in [0.3, 0.4) is 0 Å². The van der Waals surface area contributed by atoms with E-state index in [0.717, 1.165) is 11.1 Å². The SMILES string of the molecule is C=C(C)C(/C=C\C)=C(N)\N=C/C. The van der Waals surface area contributed by atoms with Crippen LogP contribution in [0, 0.1) is 0 Å². The number of aliphatic imine (C=N–C) groups is 1. The van der Waals surface area contributed by atoms with E-state index in [9.17, 15) is 0 Å². The molecule has 12 heavy (non-hydrogen) atoms. The minimum absolute atomic E-state index is 0.517. The fraction of sp³-hybridized carbons (Fsp3) is 0.300. The molecule has 66 valence electrons. The number of hydrogen-bond acceptors (Lipinski definition) is 2. The topological polar surface area (TPSA) is 38.4 Å². The van der Waals surface area contributed by atoms with Crippen molar-refractivity contribution in [2.45, 2.75) is 20.8 Å². The van der Waals surface area contributed by atoms with E-state index in [1.807, 2.05) is 32.9 Å². The predicted octanol–water partition coefficient (Wildman–Crippen LogP) is 2.40. The molecule has 0 aliphatic carbocycles. The quantitative estimate of drug-likeness (QED) is 0.505. The Bertz CT molecular complexity index is 245.